The van der Waals surface area contributed by atoms with Gasteiger partial charge in [0.2, 0.25) is 0 Å². The van der Waals surface area contributed by atoms with Crippen molar-refractivity contribution in [2.24, 2.45) is 0 Å². The van der Waals surface area contributed by atoms with Crippen molar-refractivity contribution < 1.29 is 14.5 Å². The highest BCUT2D eigenvalue weighted by Gasteiger charge is 2.15. The van der Waals surface area contributed by atoms with Gasteiger partial charge in [-0.05, 0) is 6.07 Å². The molecule has 0 bridgehead atoms. The smallest absolute Gasteiger partial charge is 0.288 e. The highest BCUT2D eigenvalue weighted by Crippen LogP contribution is 2.26. The quantitative estimate of drug-likeness (QED) is 0.476. The van der Waals surface area contributed by atoms with Crippen molar-refractivity contribution in [2.45, 2.75) is 6.92 Å². The molecular weight excluding hydrogens is 254 g/mol. The molecule has 6 heteroatoms. The lowest BCUT2D eigenvalue weighted by Gasteiger charge is -2.02. The molecule has 0 spiro atoms. The SMILES string of the molecule is COc1cccc([N+](=O)[O-])c1C#CCSC(C)=O. The Labute approximate surface area is 109 Å². The van der Waals surface area contributed by atoms with E-state index in [4.69, 9.17) is 4.74 Å². The van der Waals surface area contributed by atoms with E-state index in [0.29, 0.717) is 11.5 Å². The Morgan fingerprint density at radius 2 is 2.28 bits per heavy atom. The molecule has 0 aliphatic heterocycles. The topological polar surface area (TPSA) is 69.4 Å². The first-order chi connectivity index (χ1) is 8.56. The van der Waals surface area contributed by atoms with E-state index in [0.717, 1.165) is 11.8 Å². The molecule has 0 aliphatic carbocycles. The number of thioether (sulfide) groups is 1. The number of hydrogen-bond donors (Lipinski definition) is 0. The maximum absolute atomic E-state index is 10.9. The third kappa shape index (κ3) is 3.79. The van der Waals surface area contributed by atoms with Crippen LogP contribution in [0.2, 0.25) is 0 Å². The number of methoxy groups -OCH3 is 1. The van der Waals surface area contributed by atoms with Crippen LogP contribution >= 0.6 is 11.8 Å². The molecule has 0 aliphatic rings. The van der Waals surface area contributed by atoms with Crippen LogP contribution in [0.4, 0.5) is 5.69 Å². The van der Waals surface area contributed by atoms with Crippen molar-refractivity contribution in [3.63, 3.8) is 0 Å². The van der Waals surface area contributed by atoms with Gasteiger partial charge in [0.15, 0.2) is 5.12 Å². The van der Waals surface area contributed by atoms with Crippen LogP contribution in [0.25, 0.3) is 0 Å². The fraction of sp³-hybridized carbons (Fsp3) is 0.250. The van der Waals surface area contributed by atoms with Crippen LogP contribution < -0.4 is 4.74 Å². The molecular formula is C12H11NO4S. The molecule has 0 radical (unpaired) electrons. The van der Waals surface area contributed by atoms with Gasteiger partial charge in [-0.3, -0.25) is 14.9 Å². The van der Waals surface area contributed by atoms with E-state index in [9.17, 15) is 14.9 Å². The second kappa shape index (κ2) is 6.67. The van der Waals surface area contributed by atoms with Gasteiger partial charge in [-0.15, -0.1) is 0 Å². The number of nitrogens with zero attached hydrogens (tertiary/aromatic N) is 1. The highest BCUT2D eigenvalue weighted by molar-refractivity contribution is 8.13. The fourth-order valence-electron chi connectivity index (χ4n) is 1.23. The van der Waals surface area contributed by atoms with E-state index >= 15 is 0 Å². The molecule has 0 saturated heterocycles. The predicted octanol–water partition coefficient (Wildman–Crippen LogP) is 2.23. The molecule has 0 amide bonds. The van der Waals surface area contributed by atoms with Crippen molar-refractivity contribution >= 4 is 22.6 Å². The zero-order valence-corrected chi connectivity index (χ0v) is 10.7. The Hall–Kier alpha value is -2.00. The standard InChI is InChI=1S/C12H11NO4S/c1-9(14)18-8-4-5-10-11(13(15)16)6-3-7-12(10)17-2/h3,6-7H,8H2,1-2H3. The second-order valence-corrected chi connectivity index (χ2v) is 4.35. The van der Waals surface area contributed by atoms with Crippen molar-refractivity contribution in [2.75, 3.05) is 12.9 Å². The molecule has 94 valence electrons. The number of rotatable bonds is 3. The van der Waals surface area contributed by atoms with Crippen LogP contribution in [0, 0.1) is 22.0 Å². The molecule has 1 aromatic carbocycles. The number of ether oxygens (including phenoxy) is 1. The Balaban J connectivity index is 3.04. The van der Waals surface area contributed by atoms with Gasteiger partial charge in [0, 0.05) is 13.0 Å². The summed E-state index contributed by atoms with van der Waals surface area (Å²) in [6.07, 6.45) is 0. The minimum Gasteiger partial charge on any atom is -0.495 e. The number of hydrogen-bond acceptors (Lipinski definition) is 5. The monoisotopic (exact) mass is 265 g/mol. The van der Waals surface area contributed by atoms with Gasteiger partial charge in [-0.1, -0.05) is 29.7 Å². The molecule has 0 heterocycles. The summed E-state index contributed by atoms with van der Waals surface area (Å²) in [6, 6.07) is 4.51. The van der Waals surface area contributed by atoms with Gasteiger partial charge >= 0.3 is 0 Å². The first-order valence-electron chi connectivity index (χ1n) is 5.00. The van der Waals surface area contributed by atoms with E-state index in [1.807, 2.05) is 0 Å². The summed E-state index contributed by atoms with van der Waals surface area (Å²) in [5.41, 5.74) is 0.129. The van der Waals surface area contributed by atoms with Crippen LogP contribution in [0.5, 0.6) is 5.75 Å². The molecule has 1 aromatic rings. The maximum atomic E-state index is 10.9. The van der Waals surface area contributed by atoms with E-state index < -0.39 is 4.92 Å². The Kier molecular flexibility index (Phi) is 5.21. The Bertz CT molecular complexity index is 531. The number of benzene rings is 1. The summed E-state index contributed by atoms with van der Waals surface area (Å²) in [5.74, 6) is 6.04. The zero-order valence-electron chi connectivity index (χ0n) is 9.93. The number of carbonyl (C=O) groups is 1. The van der Waals surface area contributed by atoms with E-state index in [1.165, 1.54) is 26.2 Å². The Morgan fingerprint density at radius 1 is 1.56 bits per heavy atom. The summed E-state index contributed by atoms with van der Waals surface area (Å²) >= 11 is 1.06. The largest absolute Gasteiger partial charge is 0.495 e. The summed E-state index contributed by atoms with van der Waals surface area (Å²) in [7, 11) is 1.43. The molecule has 0 fully saturated rings. The zero-order chi connectivity index (χ0) is 13.5. The maximum Gasteiger partial charge on any atom is 0.288 e. The lowest BCUT2D eigenvalue weighted by Crippen LogP contribution is -1.95. The minimum absolute atomic E-state index is 0.0428. The van der Waals surface area contributed by atoms with Crippen LogP contribution in [0.3, 0.4) is 0 Å². The minimum atomic E-state index is -0.509. The average molecular weight is 265 g/mol. The molecule has 1 rings (SSSR count). The van der Waals surface area contributed by atoms with Gasteiger partial charge < -0.3 is 4.74 Å². The third-order valence-electron chi connectivity index (χ3n) is 1.98. The lowest BCUT2D eigenvalue weighted by molar-refractivity contribution is -0.385. The first kappa shape index (κ1) is 14.1. The highest BCUT2D eigenvalue weighted by atomic mass is 32.2. The van der Waals surface area contributed by atoms with Gasteiger partial charge in [0.25, 0.3) is 5.69 Å². The molecule has 0 atom stereocenters. The predicted molar refractivity (Wildman–Crippen MR) is 69.7 cm³/mol. The van der Waals surface area contributed by atoms with E-state index in [2.05, 4.69) is 11.8 Å². The van der Waals surface area contributed by atoms with Crippen LogP contribution in [0.1, 0.15) is 12.5 Å². The number of carbonyl (C=O) groups excluding carboxylic acids is 1. The van der Waals surface area contributed by atoms with Crippen LogP contribution in [-0.2, 0) is 4.79 Å². The molecule has 0 aromatic heterocycles. The first-order valence-corrected chi connectivity index (χ1v) is 5.98. The lowest BCUT2D eigenvalue weighted by atomic mass is 10.1. The van der Waals surface area contributed by atoms with Gasteiger partial charge in [0.1, 0.15) is 11.3 Å². The second-order valence-electron chi connectivity index (χ2n) is 3.19. The molecule has 0 saturated carbocycles. The van der Waals surface area contributed by atoms with Crippen LogP contribution in [-0.4, -0.2) is 22.9 Å². The summed E-state index contributed by atoms with van der Waals surface area (Å²) in [5, 5.41) is 10.8. The third-order valence-corrected chi connectivity index (χ3v) is 2.68. The number of nitro benzene ring substituents is 1. The van der Waals surface area contributed by atoms with Crippen molar-refractivity contribution in [3.05, 3.63) is 33.9 Å². The van der Waals surface area contributed by atoms with Crippen molar-refractivity contribution in [3.8, 4) is 17.6 Å². The fourth-order valence-corrected chi connectivity index (χ4v) is 1.58. The summed E-state index contributed by atoms with van der Waals surface area (Å²) in [6.45, 7) is 1.44. The summed E-state index contributed by atoms with van der Waals surface area (Å²) in [4.78, 5) is 21.1. The Morgan fingerprint density at radius 3 is 2.83 bits per heavy atom. The number of nitro groups is 1. The van der Waals surface area contributed by atoms with Crippen molar-refractivity contribution in [1.82, 2.24) is 0 Å². The van der Waals surface area contributed by atoms with E-state index in [-0.39, 0.29) is 16.4 Å². The van der Waals surface area contributed by atoms with Gasteiger partial charge in [0.05, 0.1) is 17.8 Å². The van der Waals surface area contributed by atoms with Gasteiger partial charge in [-0.25, -0.2) is 0 Å². The molecule has 5 nitrogen and oxygen atoms in total. The molecule has 0 unspecified atom stereocenters. The molecule has 18 heavy (non-hydrogen) atoms. The normalized spacial score (nSPS) is 9.22. The van der Waals surface area contributed by atoms with E-state index in [1.54, 1.807) is 6.07 Å². The van der Waals surface area contributed by atoms with Gasteiger partial charge in [-0.2, -0.15) is 0 Å². The molecule has 0 N–H and O–H groups in total. The van der Waals surface area contributed by atoms with Crippen molar-refractivity contribution in [1.29, 1.82) is 0 Å². The van der Waals surface area contributed by atoms with Crippen LogP contribution in [0.15, 0.2) is 18.2 Å². The average Bonchev–Trinajstić information content (AvgIpc) is 2.33. The summed E-state index contributed by atoms with van der Waals surface area (Å²) < 4.78 is 5.03.